The van der Waals surface area contributed by atoms with Crippen LogP contribution in [-0.4, -0.2) is 33.2 Å². The van der Waals surface area contributed by atoms with Crippen molar-refractivity contribution in [2.75, 3.05) is 0 Å². The zero-order valence-corrected chi connectivity index (χ0v) is 17.5. The number of aliphatic carboxylic acids is 3. The van der Waals surface area contributed by atoms with Crippen molar-refractivity contribution in [3.05, 3.63) is 76.9 Å². The molecule has 0 saturated heterocycles. The summed E-state index contributed by atoms with van der Waals surface area (Å²) in [6, 6.07) is 9.18. The molecule has 0 aromatic heterocycles. The minimum Gasteiger partial charge on any atom is -0.478 e. The fraction of sp³-hybridized carbons (Fsp3) is 0.292. The molecule has 0 saturated carbocycles. The molecule has 0 aliphatic carbocycles. The van der Waals surface area contributed by atoms with Crippen LogP contribution >= 0.6 is 0 Å². The van der Waals surface area contributed by atoms with Crippen LogP contribution in [0.1, 0.15) is 45.6 Å². The first kappa shape index (κ1) is 24.6. The lowest BCUT2D eigenvalue weighted by Crippen LogP contribution is -2.22. The van der Waals surface area contributed by atoms with Gasteiger partial charge in [-0.1, -0.05) is 74.1 Å². The van der Waals surface area contributed by atoms with Crippen molar-refractivity contribution in [2.45, 2.75) is 40.0 Å². The van der Waals surface area contributed by atoms with E-state index in [-0.39, 0.29) is 16.7 Å². The summed E-state index contributed by atoms with van der Waals surface area (Å²) in [4.78, 5) is 34.9. The number of benzene rings is 1. The van der Waals surface area contributed by atoms with E-state index in [1.165, 1.54) is 25.2 Å². The lowest BCUT2D eigenvalue weighted by atomic mass is 9.79. The normalized spacial score (nSPS) is 15.1. The molecule has 160 valence electrons. The topological polar surface area (TPSA) is 112 Å². The van der Waals surface area contributed by atoms with Crippen LogP contribution in [0.15, 0.2) is 71.4 Å². The van der Waals surface area contributed by atoms with Crippen molar-refractivity contribution in [1.29, 1.82) is 0 Å². The molecule has 0 fully saturated rings. The Bertz CT molecular complexity index is 890. The maximum absolute atomic E-state index is 12.0. The van der Waals surface area contributed by atoms with Gasteiger partial charge in [0.2, 0.25) is 0 Å². The van der Waals surface area contributed by atoms with Crippen LogP contribution in [0.2, 0.25) is 0 Å². The van der Waals surface area contributed by atoms with E-state index in [1.807, 2.05) is 37.3 Å². The summed E-state index contributed by atoms with van der Waals surface area (Å²) >= 11 is 0. The number of rotatable bonds is 11. The van der Waals surface area contributed by atoms with E-state index in [9.17, 15) is 29.7 Å². The number of hydrogen-bond acceptors (Lipinski definition) is 3. The Morgan fingerprint density at radius 1 is 0.967 bits per heavy atom. The van der Waals surface area contributed by atoms with Crippen molar-refractivity contribution in [2.24, 2.45) is 5.41 Å². The van der Waals surface area contributed by atoms with Gasteiger partial charge in [0.15, 0.2) is 0 Å². The highest BCUT2D eigenvalue weighted by molar-refractivity contribution is 5.92. The van der Waals surface area contributed by atoms with Gasteiger partial charge in [-0.25, -0.2) is 14.4 Å². The van der Waals surface area contributed by atoms with E-state index in [0.29, 0.717) is 12.8 Å². The molecule has 6 nitrogen and oxygen atoms in total. The van der Waals surface area contributed by atoms with Gasteiger partial charge in [0.05, 0.1) is 5.57 Å². The molecule has 30 heavy (non-hydrogen) atoms. The second-order valence-corrected chi connectivity index (χ2v) is 7.15. The lowest BCUT2D eigenvalue weighted by Gasteiger charge is -2.24. The van der Waals surface area contributed by atoms with Gasteiger partial charge in [0.1, 0.15) is 0 Å². The largest absolute Gasteiger partial charge is 0.478 e. The zero-order chi connectivity index (χ0) is 22.7. The van der Waals surface area contributed by atoms with E-state index in [1.54, 1.807) is 19.1 Å². The molecule has 1 aromatic carbocycles. The summed E-state index contributed by atoms with van der Waals surface area (Å²) in [6.45, 7) is 4.90. The van der Waals surface area contributed by atoms with Crippen LogP contribution in [-0.2, 0) is 14.4 Å². The fourth-order valence-corrected chi connectivity index (χ4v) is 2.85. The molecule has 0 spiro atoms. The average Bonchev–Trinajstić information content (AvgIpc) is 2.69. The highest BCUT2D eigenvalue weighted by atomic mass is 16.4. The van der Waals surface area contributed by atoms with Crippen LogP contribution in [0.25, 0.3) is 6.08 Å². The quantitative estimate of drug-likeness (QED) is 0.350. The molecule has 1 unspecified atom stereocenters. The molecular weight excluding hydrogens is 384 g/mol. The minimum absolute atomic E-state index is 0.0178. The summed E-state index contributed by atoms with van der Waals surface area (Å²) < 4.78 is 0. The number of carboxylic acid groups (broad SMARTS) is 3. The molecule has 1 atom stereocenters. The Hall–Kier alpha value is -3.41. The zero-order valence-electron chi connectivity index (χ0n) is 17.5. The third-order valence-corrected chi connectivity index (χ3v) is 4.61. The van der Waals surface area contributed by atoms with E-state index >= 15 is 0 Å². The van der Waals surface area contributed by atoms with Crippen molar-refractivity contribution in [3.63, 3.8) is 0 Å². The molecule has 0 bridgehead atoms. The fourth-order valence-electron chi connectivity index (χ4n) is 2.85. The molecular formula is C24H28O6. The predicted molar refractivity (Wildman–Crippen MR) is 116 cm³/mol. The van der Waals surface area contributed by atoms with Crippen molar-refractivity contribution in [1.82, 2.24) is 0 Å². The molecule has 0 heterocycles. The Labute approximate surface area is 176 Å². The van der Waals surface area contributed by atoms with Gasteiger partial charge in [-0.05, 0) is 32.3 Å². The van der Waals surface area contributed by atoms with Crippen molar-refractivity contribution < 1.29 is 29.7 Å². The van der Waals surface area contributed by atoms with Gasteiger partial charge in [-0.2, -0.15) is 0 Å². The Morgan fingerprint density at radius 2 is 1.60 bits per heavy atom. The summed E-state index contributed by atoms with van der Waals surface area (Å²) in [6.07, 6.45) is 9.00. The first-order valence-corrected chi connectivity index (χ1v) is 9.65. The van der Waals surface area contributed by atoms with Gasteiger partial charge < -0.3 is 15.3 Å². The Kier molecular flexibility index (Phi) is 9.49. The molecule has 0 aliphatic heterocycles. The summed E-state index contributed by atoms with van der Waals surface area (Å²) in [5.41, 5.74) is -0.514. The van der Waals surface area contributed by atoms with E-state index < -0.39 is 23.3 Å². The Balaban J connectivity index is 3.56. The van der Waals surface area contributed by atoms with Gasteiger partial charge in [-0.15, -0.1) is 0 Å². The molecule has 0 radical (unpaired) electrons. The van der Waals surface area contributed by atoms with E-state index in [2.05, 4.69) is 0 Å². The standard InChI is InChI=1S/C24H28O6/c1-4-5-11-19(22(27)28)12-13-20(23(29)30)24(3,16-17(2)21(25)26)15-14-18-9-7-6-8-10-18/h6-10,12-16H,4-5,11H2,1-3H3,(H,25,26)(H,27,28)(H,29,30). The highest BCUT2D eigenvalue weighted by Gasteiger charge is 2.30. The molecule has 0 amide bonds. The smallest absolute Gasteiger partial charge is 0.332 e. The second kappa shape index (κ2) is 11.6. The summed E-state index contributed by atoms with van der Waals surface area (Å²) in [7, 11) is 0. The molecule has 1 aromatic rings. The van der Waals surface area contributed by atoms with Crippen molar-refractivity contribution >= 4 is 24.0 Å². The molecule has 3 N–H and O–H groups in total. The number of carboxylic acids is 3. The first-order valence-electron chi connectivity index (χ1n) is 9.65. The first-order chi connectivity index (χ1) is 14.1. The maximum Gasteiger partial charge on any atom is 0.332 e. The summed E-state index contributed by atoms with van der Waals surface area (Å²) in [5, 5.41) is 28.5. The molecule has 6 heteroatoms. The van der Waals surface area contributed by atoms with Gasteiger partial charge in [0, 0.05) is 16.6 Å². The van der Waals surface area contributed by atoms with Crippen molar-refractivity contribution in [3.8, 4) is 0 Å². The Morgan fingerprint density at radius 3 is 2.10 bits per heavy atom. The number of hydrogen-bond donors (Lipinski definition) is 3. The predicted octanol–water partition coefficient (Wildman–Crippen LogP) is 4.95. The van der Waals surface area contributed by atoms with E-state index in [4.69, 9.17) is 0 Å². The van der Waals surface area contributed by atoms with Crippen LogP contribution in [0.4, 0.5) is 0 Å². The lowest BCUT2D eigenvalue weighted by molar-refractivity contribution is -0.134. The summed E-state index contributed by atoms with van der Waals surface area (Å²) in [5.74, 6) is -3.53. The second-order valence-electron chi connectivity index (χ2n) is 7.15. The molecule has 1 rings (SSSR count). The maximum atomic E-state index is 12.0. The van der Waals surface area contributed by atoms with Crippen LogP contribution < -0.4 is 0 Å². The van der Waals surface area contributed by atoms with Crippen LogP contribution in [0.3, 0.4) is 0 Å². The van der Waals surface area contributed by atoms with Crippen LogP contribution in [0, 0.1) is 5.41 Å². The average molecular weight is 412 g/mol. The highest BCUT2D eigenvalue weighted by Crippen LogP contribution is 2.33. The number of carbonyl (C=O) groups is 3. The number of allylic oxidation sites excluding steroid dienone is 4. The van der Waals surface area contributed by atoms with E-state index in [0.717, 1.165) is 12.0 Å². The minimum atomic E-state index is -1.28. The number of unbranched alkanes of at least 4 members (excludes halogenated alkanes) is 1. The molecule has 0 aliphatic rings. The van der Waals surface area contributed by atoms with Gasteiger partial charge >= 0.3 is 17.9 Å². The third kappa shape index (κ3) is 7.54. The SMILES string of the molecule is CCCCC(=CC=C(C(=O)O)C(C)(C=Cc1ccccc1)C=C(C)C(=O)O)C(=O)O. The van der Waals surface area contributed by atoms with Crippen LogP contribution in [0.5, 0.6) is 0 Å². The van der Waals surface area contributed by atoms with Gasteiger partial charge in [-0.3, -0.25) is 0 Å². The third-order valence-electron chi connectivity index (χ3n) is 4.61. The monoisotopic (exact) mass is 412 g/mol. The van der Waals surface area contributed by atoms with Gasteiger partial charge in [0.25, 0.3) is 0 Å².